The zero-order chi connectivity index (χ0) is 17.3. The van der Waals surface area contributed by atoms with Crippen LogP contribution in [0.2, 0.25) is 0 Å². The standard InChI is InChI=1S/C14H28ClN3O5/c1-14(2)12-16(13(19)18(14)15)4-5-17(20)6-7-22-10-11-23-9-8-21-3/h20H,4-12H2,1-3H3. The number of ether oxygens (including phenoxy) is 3. The predicted octanol–water partition coefficient (Wildman–Crippen LogP) is 1.03. The Morgan fingerprint density at radius 3 is 2.35 bits per heavy atom. The van der Waals surface area contributed by atoms with Gasteiger partial charge < -0.3 is 24.3 Å². The maximum Gasteiger partial charge on any atom is 0.335 e. The van der Waals surface area contributed by atoms with Gasteiger partial charge in [-0.2, -0.15) is 5.06 Å². The van der Waals surface area contributed by atoms with Crippen LogP contribution in [0.3, 0.4) is 0 Å². The second-order valence-corrected chi connectivity index (χ2v) is 6.31. The summed E-state index contributed by atoms with van der Waals surface area (Å²) in [7, 11) is 1.62. The van der Waals surface area contributed by atoms with E-state index in [1.54, 1.807) is 12.0 Å². The number of amides is 2. The third-order valence-corrected chi connectivity index (χ3v) is 4.08. The van der Waals surface area contributed by atoms with E-state index >= 15 is 0 Å². The molecule has 1 N–H and O–H groups in total. The van der Waals surface area contributed by atoms with E-state index in [0.717, 1.165) is 5.06 Å². The molecule has 1 aliphatic rings. The molecular weight excluding hydrogens is 326 g/mol. The van der Waals surface area contributed by atoms with Gasteiger partial charge in [-0.1, -0.05) is 0 Å². The van der Waals surface area contributed by atoms with Gasteiger partial charge in [0.1, 0.15) is 0 Å². The molecule has 1 rings (SSSR count). The second-order valence-electron chi connectivity index (χ2n) is 5.97. The van der Waals surface area contributed by atoms with E-state index in [0.29, 0.717) is 59.2 Å². The lowest BCUT2D eigenvalue weighted by Crippen LogP contribution is -2.36. The SMILES string of the molecule is COCCOCCOCCN(O)CCN1CC(C)(C)N(Cl)C1=O. The Morgan fingerprint density at radius 2 is 1.78 bits per heavy atom. The molecule has 0 unspecified atom stereocenters. The molecule has 0 bridgehead atoms. The smallest absolute Gasteiger partial charge is 0.335 e. The van der Waals surface area contributed by atoms with Crippen molar-refractivity contribution >= 4 is 17.8 Å². The van der Waals surface area contributed by atoms with Gasteiger partial charge in [0.25, 0.3) is 0 Å². The number of hydroxylamine groups is 2. The maximum absolute atomic E-state index is 11.9. The van der Waals surface area contributed by atoms with Gasteiger partial charge in [0.15, 0.2) is 0 Å². The monoisotopic (exact) mass is 353 g/mol. The zero-order valence-electron chi connectivity index (χ0n) is 14.2. The first-order chi connectivity index (χ1) is 10.9. The Hall–Kier alpha value is -0.640. The van der Waals surface area contributed by atoms with E-state index in [1.165, 1.54) is 4.42 Å². The first-order valence-corrected chi connectivity index (χ1v) is 8.05. The van der Waals surface area contributed by atoms with Crippen LogP contribution in [0.15, 0.2) is 0 Å². The minimum absolute atomic E-state index is 0.227. The Morgan fingerprint density at radius 1 is 1.17 bits per heavy atom. The molecule has 1 saturated heterocycles. The maximum atomic E-state index is 11.9. The fraction of sp³-hybridized carbons (Fsp3) is 0.929. The Balaban J connectivity index is 2.05. The number of carbonyl (C=O) groups excluding carboxylic acids is 1. The number of nitrogens with zero attached hydrogens (tertiary/aromatic N) is 3. The van der Waals surface area contributed by atoms with E-state index < -0.39 is 5.54 Å². The van der Waals surface area contributed by atoms with E-state index in [2.05, 4.69) is 0 Å². The van der Waals surface area contributed by atoms with Crippen LogP contribution in [-0.4, -0.2) is 97.5 Å². The summed E-state index contributed by atoms with van der Waals surface area (Å²) in [4.78, 5) is 13.5. The van der Waals surface area contributed by atoms with Crippen molar-refractivity contribution in [2.45, 2.75) is 19.4 Å². The summed E-state index contributed by atoms with van der Waals surface area (Å²) < 4.78 is 16.7. The number of methoxy groups -OCH3 is 1. The summed E-state index contributed by atoms with van der Waals surface area (Å²) >= 11 is 5.95. The topological polar surface area (TPSA) is 74.7 Å². The number of rotatable bonds is 12. The highest BCUT2D eigenvalue weighted by Crippen LogP contribution is 2.27. The minimum atomic E-state index is -0.398. The molecule has 0 spiro atoms. The van der Waals surface area contributed by atoms with Gasteiger partial charge >= 0.3 is 6.03 Å². The van der Waals surface area contributed by atoms with Crippen LogP contribution < -0.4 is 0 Å². The van der Waals surface area contributed by atoms with Gasteiger partial charge in [0, 0.05) is 45.1 Å². The van der Waals surface area contributed by atoms with Crippen LogP contribution >= 0.6 is 11.8 Å². The first kappa shape index (κ1) is 20.4. The molecule has 9 heteroatoms. The van der Waals surface area contributed by atoms with E-state index in [1.807, 2.05) is 13.8 Å². The third-order valence-electron chi connectivity index (χ3n) is 3.47. The molecule has 0 aromatic carbocycles. The Labute approximate surface area is 142 Å². The first-order valence-electron chi connectivity index (χ1n) is 7.71. The van der Waals surface area contributed by atoms with E-state index in [-0.39, 0.29) is 6.03 Å². The van der Waals surface area contributed by atoms with Crippen molar-refractivity contribution in [1.82, 2.24) is 14.4 Å². The molecule has 1 aliphatic heterocycles. The highest BCUT2D eigenvalue weighted by molar-refractivity contribution is 6.22. The van der Waals surface area contributed by atoms with Crippen LogP contribution in [-0.2, 0) is 14.2 Å². The number of hydrogen-bond donors (Lipinski definition) is 1. The molecule has 0 saturated carbocycles. The van der Waals surface area contributed by atoms with Crippen molar-refractivity contribution in [3.05, 3.63) is 0 Å². The highest BCUT2D eigenvalue weighted by atomic mass is 35.5. The molecule has 0 aromatic rings. The Bertz CT molecular complexity index is 359. The molecule has 2 amide bonds. The minimum Gasteiger partial charge on any atom is -0.382 e. The summed E-state index contributed by atoms with van der Waals surface area (Å²) in [6.07, 6.45) is 0. The average molecular weight is 354 g/mol. The van der Waals surface area contributed by atoms with Crippen molar-refractivity contribution < 1.29 is 24.2 Å². The lowest BCUT2D eigenvalue weighted by Gasteiger charge is -2.21. The fourth-order valence-corrected chi connectivity index (χ4v) is 2.30. The van der Waals surface area contributed by atoms with Gasteiger partial charge in [-0.15, -0.1) is 0 Å². The lowest BCUT2D eigenvalue weighted by atomic mass is 10.1. The molecule has 23 heavy (non-hydrogen) atoms. The van der Waals surface area contributed by atoms with E-state index in [9.17, 15) is 10.0 Å². The van der Waals surface area contributed by atoms with Gasteiger partial charge in [-0.25, -0.2) is 9.21 Å². The Kier molecular flexibility index (Phi) is 9.11. The molecule has 1 fully saturated rings. The van der Waals surface area contributed by atoms with Gasteiger partial charge in [-0.3, -0.25) is 0 Å². The van der Waals surface area contributed by atoms with Crippen molar-refractivity contribution in [3.63, 3.8) is 0 Å². The molecular formula is C14H28ClN3O5. The number of halogens is 1. The molecule has 0 atom stereocenters. The van der Waals surface area contributed by atoms with Gasteiger partial charge in [0.05, 0.1) is 38.6 Å². The van der Waals surface area contributed by atoms with Crippen molar-refractivity contribution in [2.75, 3.05) is 66.3 Å². The van der Waals surface area contributed by atoms with Crippen LogP contribution in [0.1, 0.15) is 13.8 Å². The number of hydrogen-bond acceptors (Lipinski definition) is 6. The summed E-state index contributed by atoms with van der Waals surface area (Å²) in [5.74, 6) is 0. The normalized spacial score (nSPS) is 17.6. The summed E-state index contributed by atoms with van der Waals surface area (Å²) in [5, 5.41) is 10.9. The van der Waals surface area contributed by atoms with Crippen molar-refractivity contribution in [1.29, 1.82) is 0 Å². The van der Waals surface area contributed by atoms with Gasteiger partial charge in [-0.05, 0) is 13.8 Å². The fourth-order valence-electron chi connectivity index (χ4n) is 2.14. The molecule has 0 aromatic heterocycles. The summed E-state index contributed by atoms with van der Waals surface area (Å²) in [6, 6.07) is -0.227. The van der Waals surface area contributed by atoms with Gasteiger partial charge in [0.2, 0.25) is 0 Å². The van der Waals surface area contributed by atoms with Crippen LogP contribution in [0, 0.1) is 0 Å². The van der Waals surface area contributed by atoms with Crippen molar-refractivity contribution in [2.24, 2.45) is 0 Å². The molecule has 1 heterocycles. The largest absolute Gasteiger partial charge is 0.382 e. The molecule has 0 aliphatic carbocycles. The van der Waals surface area contributed by atoms with Crippen LogP contribution in [0.4, 0.5) is 4.79 Å². The molecule has 136 valence electrons. The van der Waals surface area contributed by atoms with Crippen molar-refractivity contribution in [3.8, 4) is 0 Å². The molecule has 8 nitrogen and oxygen atoms in total. The van der Waals surface area contributed by atoms with Crippen LogP contribution in [0.25, 0.3) is 0 Å². The number of carbonyl (C=O) groups is 1. The highest BCUT2D eigenvalue weighted by Gasteiger charge is 2.42. The van der Waals surface area contributed by atoms with E-state index in [4.69, 9.17) is 26.0 Å². The summed E-state index contributed by atoms with van der Waals surface area (Å²) in [5.41, 5.74) is -0.398. The number of urea groups is 1. The summed E-state index contributed by atoms with van der Waals surface area (Å²) in [6.45, 7) is 7.95. The predicted molar refractivity (Wildman–Crippen MR) is 85.6 cm³/mol. The third kappa shape index (κ3) is 7.19. The van der Waals surface area contributed by atoms with Crippen LogP contribution in [0.5, 0.6) is 0 Å². The quantitative estimate of drug-likeness (QED) is 0.321. The zero-order valence-corrected chi connectivity index (χ0v) is 14.9. The second kappa shape index (κ2) is 10.3. The molecule has 0 radical (unpaired) electrons. The lowest BCUT2D eigenvalue weighted by molar-refractivity contribution is -0.107. The average Bonchev–Trinajstić information content (AvgIpc) is 2.71.